The molecule has 0 spiro atoms. The molecule has 0 aliphatic heterocycles. The van der Waals surface area contributed by atoms with Gasteiger partial charge < -0.3 is 10.1 Å². The number of hydrogen-bond acceptors (Lipinski definition) is 4. The van der Waals surface area contributed by atoms with E-state index in [1.807, 2.05) is 0 Å². The number of aromatic amines is 1. The number of aromatic nitrogens is 2. The summed E-state index contributed by atoms with van der Waals surface area (Å²) in [4.78, 5) is 10.8. The molecule has 0 bridgehead atoms. The van der Waals surface area contributed by atoms with Gasteiger partial charge in [0, 0.05) is 11.8 Å². The molecule has 1 aromatic heterocycles. The van der Waals surface area contributed by atoms with Crippen molar-refractivity contribution in [3.8, 4) is 5.75 Å². The third-order valence-corrected chi connectivity index (χ3v) is 2.40. The van der Waals surface area contributed by atoms with Gasteiger partial charge in [-0.05, 0) is 24.3 Å². The van der Waals surface area contributed by atoms with E-state index in [1.165, 1.54) is 6.07 Å². The van der Waals surface area contributed by atoms with E-state index in [2.05, 4.69) is 15.5 Å². The van der Waals surface area contributed by atoms with Gasteiger partial charge in [0.2, 0.25) is 0 Å². The molecule has 0 aliphatic carbocycles. The minimum absolute atomic E-state index is 0.247. The van der Waals surface area contributed by atoms with Gasteiger partial charge in [-0.25, -0.2) is 5.10 Å². The highest BCUT2D eigenvalue weighted by Crippen LogP contribution is 2.28. The first-order valence-electron chi connectivity index (χ1n) is 4.85. The van der Waals surface area contributed by atoms with Gasteiger partial charge in [-0.15, -0.1) is 0 Å². The lowest BCUT2D eigenvalue weighted by atomic mass is 10.3. The molecule has 0 radical (unpaired) electrons. The van der Waals surface area contributed by atoms with Crippen molar-refractivity contribution in [1.82, 2.24) is 10.2 Å². The fourth-order valence-corrected chi connectivity index (χ4v) is 1.56. The lowest BCUT2D eigenvalue weighted by molar-refractivity contribution is 0.415. The normalized spacial score (nSPS) is 10.0. The first kappa shape index (κ1) is 11.5. The summed E-state index contributed by atoms with van der Waals surface area (Å²) in [5.41, 5.74) is 0.513. The van der Waals surface area contributed by atoms with Crippen LogP contribution in [0.2, 0.25) is 5.02 Å². The van der Waals surface area contributed by atoms with Crippen LogP contribution in [0, 0.1) is 0 Å². The van der Waals surface area contributed by atoms with Gasteiger partial charge >= 0.3 is 0 Å². The highest BCUT2D eigenvalue weighted by molar-refractivity contribution is 6.32. The molecule has 1 heterocycles. The molecule has 0 atom stereocenters. The van der Waals surface area contributed by atoms with Crippen molar-refractivity contribution in [1.29, 1.82) is 0 Å². The number of halogens is 1. The molecule has 6 heteroatoms. The summed E-state index contributed by atoms with van der Waals surface area (Å²) in [6, 6.07) is 8.23. The monoisotopic (exact) mass is 251 g/mol. The number of nitrogens with zero attached hydrogens (tertiary/aromatic N) is 1. The van der Waals surface area contributed by atoms with Crippen molar-refractivity contribution in [2.75, 3.05) is 12.4 Å². The van der Waals surface area contributed by atoms with E-state index in [-0.39, 0.29) is 5.56 Å². The zero-order valence-electron chi connectivity index (χ0n) is 9.03. The van der Waals surface area contributed by atoms with E-state index in [0.717, 1.165) is 5.69 Å². The molecule has 88 valence electrons. The average molecular weight is 252 g/mol. The molecule has 17 heavy (non-hydrogen) atoms. The second-order valence-corrected chi connectivity index (χ2v) is 3.69. The number of H-pyrrole nitrogens is 1. The first-order chi connectivity index (χ1) is 8.19. The Morgan fingerprint density at radius 2 is 2.18 bits per heavy atom. The standard InChI is InChI=1S/C11H10ClN3O2/c1-17-9-3-2-7(6-8(9)12)13-10-4-5-11(16)15-14-10/h2-6H,1H3,(H,13,14)(H,15,16). The fraction of sp³-hybridized carbons (Fsp3) is 0.0909. The van der Waals surface area contributed by atoms with Gasteiger partial charge in [0.15, 0.2) is 5.82 Å². The van der Waals surface area contributed by atoms with Gasteiger partial charge in [0.25, 0.3) is 5.56 Å². The zero-order valence-corrected chi connectivity index (χ0v) is 9.78. The Kier molecular flexibility index (Phi) is 3.30. The maximum atomic E-state index is 10.8. The number of ether oxygens (including phenoxy) is 1. The van der Waals surface area contributed by atoms with Crippen molar-refractivity contribution in [2.24, 2.45) is 0 Å². The zero-order chi connectivity index (χ0) is 12.3. The summed E-state index contributed by atoms with van der Waals surface area (Å²) < 4.78 is 5.04. The van der Waals surface area contributed by atoms with Crippen molar-refractivity contribution in [2.45, 2.75) is 0 Å². The van der Waals surface area contributed by atoms with Crippen LogP contribution in [0.4, 0.5) is 11.5 Å². The molecule has 0 unspecified atom stereocenters. The van der Waals surface area contributed by atoms with Crippen molar-refractivity contribution in [3.05, 3.63) is 45.7 Å². The van der Waals surface area contributed by atoms with Crippen LogP contribution in [0.3, 0.4) is 0 Å². The summed E-state index contributed by atoms with van der Waals surface area (Å²) in [5.74, 6) is 1.14. The number of anilines is 2. The third kappa shape index (κ3) is 2.76. The number of rotatable bonds is 3. The van der Waals surface area contributed by atoms with Crippen LogP contribution < -0.4 is 15.6 Å². The van der Waals surface area contributed by atoms with Crippen molar-refractivity contribution >= 4 is 23.1 Å². The Hall–Kier alpha value is -2.01. The van der Waals surface area contributed by atoms with Gasteiger partial charge in [-0.3, -0.25) is 4.79 Å². The summed E-state index contributed by atoms with van der Waals surface area (Å²) in [7, 11) is 1.55. The summed E-state index contributed by atoms with van der Waals surface area (Å²) in [6.07, 6.45) is 0. The summed E-state index contributed by atoms with van der Waals surface area (Å²) in [6.45, 7) is 0. The average Bonchev–Trinajstić information content (AvgIpc) is 2.32. The van der Waals surface area contributed by atoms with E-state index < -0.39 is 0 Å². The second-order valence-electron chi connectivity index (χ2n) is 3.28. The van der Waals surface area contributed by atoms with Crippen LogP contribution in [0.1, 0.15) is 0 Å². The predicted octanol–water partition coefficient (Wildman–Crippen LogP) is 2.18. The summed E-state index contributed by atoms with van der Waals surface area (Å²) in [5, 5.41) is 9.66. The van der Waals surface area contributed by atoms with Gasteiger partial charge in [-0.1, -0.05) is 11.6 Å². The highest BCUT2D eigenvalue weighted by atomic mass is 35.5. The quantitative estimate of drug-likeness (QED) is 0.877. The Bertz CT molecular complexity index is 563. The second kappa shape index (κ2) is 4.88. The Balaban J connectivity index is 2.21. The van der Waals surface area contributed by atoms with E-state index >= 15 is 0 Å². The molecule has 0 saturated heterocycles. The molecule has 1 aromatic carbocycles. The number of hydrogen-bond donors (Lipinski definition) is 2. The van der Waals surface area contributed by atoms with E-state index in [0.29, 0.717) is 16.6 Å². The maximum Gasteiger partial charge on any atom is 0.264 e. The molecule has 2 rings (SSSR count). The highest BCUT2D eigenvalue weighted by Gasteiger charge is 2.02. The van der Waals surface area contributed by atoms with Crippen LogP contribution in [0.5, 0.6) is 5.75 Å². The first-order valence-corrected chi connectivity index (χ1v) is 5.23. The Labute approximate surface area is 102 Å². The molecule has 0 amide bonds. The van der Waals surface area contributed by atoms with Crippen molar-refractivity contribution in [3.63, 3.8) is 0 Å². The number of benzene rings is 1. The summed E-state index contributed by atoms with van der Waals surface area (Å²) >= 11 is 5.98. The number of methoxy groups -OCH3 is 1. The van der Waals surface area contributed by atoms with E-state index in [9.17, 15) is 4.79 Å². The molecule has 2 N–H and O–H groups in total. The smallest absolute Gasteiger partial charge is 0.264 e. The van der Waals surface area contributed by atoms with Gasteiger partial charge in [-0.2, -0.15) is 5.10 Å². The van der Waals surface area contributed by atoms with Crippen LogP contribution in [-0.2, 0) is 0 Å². The molecule has 0 fully saturated rings. The minimum Gasteiger partial charge on any atom is -0.495 e. The lowest BCUT2D eigenvalue weighted by Gasteiger charge is -2.07. The molecule has 5 nitrogen and oxygen atoms in total. The SMILES string of the molecule is COc1ccc(Nc2ccc(=O)[nH]n2)cc1Cl. The molecular formula is C11H10ClN3O2. The minimum atomic E-state index is -0.247. The number of nitrogens with one attached hydrogen (secondary N) is 2. The van der Waals surface area contributed by atoms with Gasteiger partial charge in [0.1, 0.15) is 5.75 Å². The van der Waals surface area contributed by atoms with Crippen molar-refractivity contribution < 1.29 is 4.74 Å². The van der Waals surface area contributed by atoms with Crippen LogP contribution in [0.15, 0.2) is 35.1 Å². The van der Waals surface area contributed by atoms with E-state index in [4.69, 9.17) is 16.3 Å². The molecule has 0 saturated carbocycles. The maximum absolute atomic E-state index is 10.8. The third-order valence-electron chi connectivity index (χ3n) is 2.10. The largest absolute Gasteiger partial charge is 0.495 e. The van der Waals surface area contributed by atoms with Crippen LogP contribution >= 0.6 is 11.6 Å². The van der Waals surface area contributed by atoms with Crippen LogP contribution in [0.25, 0.3) is 0 Å². The Morgan fingerprint density at radius 1 is 1.35 bits per heavy atom. The molecule has 0 aliphatic rings. The van der Waals surface area contributed by atoms with Crippen LogP contribution in [-0.4, -0.2) is 17.3 Å². The topological polar surface area (TPSA) is 67.0 Å². The van der Waals surface area contributed by atoms with E-state index in [1.54, 1.807) is 31.4 Å². The fourth-order valence-electron chi connectivity index (χ4n) is 1.31. The van der Waals surface area contributed by atoms with Gasteiger partial charge in [0.05, 0.1) is 12.1 Å². The predicted molar refractivity (Wildman–Crippen MR) is 66.1 cm³/mol. The Morgan fingerprint density at radius 3 is 2.76 bits per heavy atom. The lowest BCUT2D eigenvalue weighted by Crippen LogP contribution is -2.07. The molecule has 2 aromatic rings. The molecular weight excluding hydrogens is 242 g/mol.